The minimum absolute atomic E-state index is 0.537. The number of nitrogen functional groups attached to an aromatic ring is 1. The van der Waals surface area contributed by atoms with E-state index in [1.54, 1.807) is 6.20 Å². The third-order valence-electron chi connectivity index (χ3n) is 3.71. The predicted octanol–water partition coefficient (Wildman–Crippen LogP) is 3.08. The number of hydrogen-bond donors (Lipinski definition) is 1. The normalized spacial score (nSPS) is 10.7. The van der Waals surface area contributed by atoms with Gasteiger partial charge in [-0.2, -0.15) is 0 Å². The number of aryl methyl sites for hydroxylation is 3. The zero-order chi connectivity index (χ0) is 14.7. The Labute approximate surface area is 124 Å². The lowest BCUT2D eigenvalue weighted by Crippen LogP contribution is -2.04. The lowest BCUT2D eigenvalue weighted by atomic mass is 10.1. The molecule has 2 N–H and O–H groups in total. The van der Waals surface area contributed by atoms with Crippen molar-refractivity contribution in [3.8, 4) is 11.3 Å². The third-order valence-corrected chi connectivity index (χ3v) is 3.71. The number of hydrogen-bond acceptors (Lipinski definition) is 3. The van der Waals surface area contributed by atoms with Crippen LogP contribution in [-0.2, 0) is 13.0 Å². The van der Waals surface area contributed by atoms with Gasteiger partial charge in [0, 0.05) is 18.3 Å². The van der Waals surface area contributed by atoms with E-state index in [1.807, 2.05) is 24.7 Å². The second kappa shape index (κ2) is 5.79. The van der Waals surface area contributed by atoms with Crippen molar-refractivity contribution in [3.05, 3.63) is 66.2 Å². The highest BCUT2D eigenvalue weighted by molar-refractivity contribution is 5.70. The summed E-state index contributed by atoms with van der Waals surface area (Å²) in [6, 6.07) is 12.3. The Hall–Kier alpha value is -2.62. The van der Waals surface area contributed by atoms with Crippen LogP contribution in [0.3, 0.4) is 0 Å². The number of benzene rings is 1. The van der Waals surface area contributed by atoms with Crippen molar-refractivity contribution in [2.24, 2.45) is 0 Å². The standard InChI is InChI=1S/C17H18N4/c1-13-5-2-3-6-14(13)8-10-21-12-19-11-16(21)15-7-4-9-20-17(15)18/h2-7,9,11-12H,8,10H2,1H3,(H2,18,20). The summed E-state index contributed by atoms with van der Waals surface area (Å²) < 4.78 is 2.12. The van der Waals surface area contributed by atoms with E-state index in [2.05, 4.69) is 45.7 Å². The molecule has 0 aliphatic rings. The van der Waals surface area contributed by atoms with Gasteiger partial charge in [-0.05, 0) is 36.6 Å². The Morgan fingerprint density at radius 2 is 2.00 bits per heavy atom. The maximum Gasteiger partial charge on any atom is 0.132 e. The maximum absolute atomic E-state index is 5.96. The van der Waals surface area contributed by atoms with Gasteiger partial charge in [-0.25, -0.2) is 9.97 Å². The zero-order valence-corrected chi connectivity index (χ0v) is 12.0. The van der Waals surface area contributed by atoms with Crippen LogP contribution < -0.4 is 5.73 Å². The first-order valence-electron chi connectivity index (χ1n) is 7.01. The molecule has 0 aliphatic heterocycles. The van der Waals surface area contributed by atoms with Crippen molar-refractivity contribution in [2.75, 3.05) is 5.73 Å². The van der Waals surface area contributed by atoms with E-state index in [1.165, 1.54) is 11.1 Å². The highest BCUT2D eigenvalue weighted by Crippen LogP contribution is 2.23. The number of rotatable bonds is 4. The molecule has 1 aromatic carbocycles. The molecule has 0 saturated carbocycles. The quantitative estimate of drug-likeness (QED) is 0.798. The molecule has 2 aromatic heterocycles. The summed E-state index contributed by atoms with van der Waals surface area (Å²) in [7, 11) is 0. The van der Waals surface area contributed by atoms with Crippen molar-refractivity contribution in [2.45, 2.75) is 19.9 Å². The maximum atomic E-state index is 5.96. The molecule has 0 saturated heterocycles. The summed E-state index contributed by atoms with van der Waals surface area (Å²) in [5.74, 6) is 0.537. The molecule has 0 atom stereocenters. The minimum atomic E-state index is 0.537. The first kappa shape index (κ1) is 13.4. The number of nitrogens with two attached hydrogens (primary N) is 1. The fourth-order valence-corrected chi connectivity index (χ4v) is 2.49. The zero-order valence-electron chi connectivity index (χ0n) is 12.0. The van der Waals surface area contributed by atoms with Crippen LogP contribution in [0.15, 0.2) is 55.1 Å². The molecular weight excluding hydrogens is 260 g/mol. The van der Waals surface area contributed by atoms with Gasteiger partial charge in [-0.1, -0.05) is 24.3 Å². The topological polar surface area (TPSA) is 56.7 Å². The monoisotopic (exact) mass is 278 g/mol. The molecular formula is C17H18N4. The molecule has 0 unspecified atom stereocenters. The smallest absolute Gasteiger partial charge is 0.132 e. The Kier molecular flexibility index (Phi) is 3.69. The molecule has 0 radical (unpaired) electrons. The first-order chi connectivity index (χ1) is 10.3. The van der Waals surface area contributed by atoms with Gasteiger partial charge < -0.3 is 10.3 Å². The summed E-state index contributed by atoms with van der Waals surface area (Å²) in [6.07, 6.45) is 6.36. The van der Waals surface area contributed by atoms with Crippen LogP contribution in [0.1, 0.15) is 11.1 Å². The van der Waals surface area contributed by atoms with E-state index < -0.39 is 0 Å². The highest BCUT2D eigenvalue weighted by Gasteiger charge is 2.09. The number of pyridine rings is 1. The molecule has 0 amide bonds. The van der Waals surface area contributed by atoms with Crippen LogP contribution in [0.5, 0.6) is 0 Å². The minimum Gasteiger partial charge on any atom is -0.383 e. The molecule has 21 heavy (non-hydrogen) atoms. The van der Waals surface area contributed by atoms with Crippen LogP contribution in [0.25, 0.3) is 11.3 Å². The van der Waals surface area contributed by atoms with Crippen LogP contribution in [0, 0.1) is 6.92 Å². The van der Waals surface area contributed by atoms with Gasteiger partial charge in [-0.15, -0.1) is 0 Å². The Bertz CT molecular complexity index is 746. The Morgan fingerprint density at radius 1 is 1.14 bits per heavy atom. The van der Waals surface area contributed by atoms with Gasteiger partial charge in [0.1, 0.15) is 5.82 Å². The molecule has 0 aliphatic carbocycles. The van der Waals surface area contributed by atoms with Gasteiger partial charge in [-0.3, -0.25) is 0 Å². The molecule has 4 heteroatoms. The van der Waals surface area contributed by atoms with E-state index in [-0.39, 0.29) is 0 Å². The lowest BCUT2D eigenvalue weighted by Gasteiger charge is -2.11. The molecule has 4 nitrogen and oxygen atoms in total. The van der Waals surface area contributed by atoms with Crippen molar-refractivity contribution in [1.29, 1.82) is 0 Å². The molecule has 2 heterocycles. The van der Waals surface area contributed by atoms with Crippen molar-refractivity contribution < 1.29 is 0 Å². The number of imidazole rings is 1. The fourth-order valence-electron chi connectivity index (χ4n) is 2.49. The summed E-state index contributed by atoms with van der Waals surface area (Å²) in [5.41, 5.74) is 10.6. The SMILES string of the molecule is Cc1ccccc1CCn1cncc1-c1cccnc1N. The molecule has 3 rings (SSSR count). The van der Waals surface area contributed by atoms with Crippen molar-refractivity contribution in [1.82, 2.24) is 14.5 Å². The van der Waals surface area contributed by atoms with Crippen LogP contribution in [0.2, 0.25) is 0 Å². The van der Waals surface area contributed by atoms with Crippen LogP contribution >= 0.6 is 0 Å². The van der Waals surface area contributed by atoms with Crippen LogP contribution in [-0.4, -0.2) is 14.5 Å². The number of aromatic nitrogens is 3. The van der Waals surface area contributed by atoms with E-state index in [0.717, 1.165) is 24.2 Å². The summed E-state index contributed by atoms with van der Waals surface area (Å²) in [6.45, 7) is 3.01. The van der Waals surface area contributed by atoms with Gasteiger partial charge in [0.2, 0.25) is 0 Å². The van der Waals surface area contributed by atoms with Gasteiger partial charge in [0.05, 0.1) is 18.2 Å². The summed E-state index contributed by atoms with van der Waals surface area (Å²) in [4.78, 5) is 8.40. The Morgan fingerprint density at radius 3 is 2.81 bits per heavy atom. The fraction of sp³-hybridized carbons (Fsp3) is 0.176. The van der Waals surface area contributed by atoms with Crippen LogP contribution in [0.4, 0.5) is 5.82 Å². The summed E-state index contributed by atoms with van der Waals surface area (Å²) in [5, 5.41) is 0. The molecule has 106 valence electrons. The van der Waals surface area contributed by atoms with Gasteiger partial charge in [0.25, 0.3) is 0 Å². The number of anilines is 1. The lowest BCUT2D eigenvalue weighted by molar-refractivity contribution is 0.699. The van der Waals surface area contributed by atoms with E-state index in [9.17, 15) is 0 Å². The highest BCUT2D eigenvalue weighted by atomic mass is 15.0. The third kappa shape index (κ3) is 2.79. The average molecular weight is 278 g/mol. The van der Waals surface area contributed by atoms with E-state index >= 15 is 0 Å². The largest absolute Gasteiger partial charge is 0.383 e. The van der Waals surface area contributed by atoms with E-state index in [4.69, 9.17) is 5.73 Å². The summed E-state index contributed by atoms with van der Waals surface area (Å²) >= 11 is 0. The molecule has 0 fully saturated rings. The van der Waals surface area contributed by atoms with E-state index in [0.29, 0.717) is 5.82 Å². The van der Waals surface area contributed by atoms with Crippen molar-refractivity contribution in [3.63, 3.8) is 0 Å². The second-order valence-corrected chi connectivity index (χ2v) is 5.08. The second-order valence-electron chi connectivity index (χ2n) is 5.08. The predicted molar refractivity (Wildman–Crippen MR) is 84.8 cm³/mol. The number of nitrogens with zero attached hydrogens (tertiary/aromatic N) is 3. The van der Waals surface area contributed by atoms with Crippen molar-refractivity contribution >= 4 is 5.82 Å². The van der Waals surface area contributed by atoms with Gasteiger partial charge >= 0.3 is 0 Å². The molecule has 0 spiro atoms. The van der Waals surface area contributed by atoms with Gasteiger partial charge in [0.15, 0.2) is 0 Å². The molecule has 0 bridgehead atoms. The molecule has 3 aromatic rings. The average Bonchev–Trinajstić information content (AvgIpc) is 2.95. The Balaban J connectivity index is 1.84. The first-order valence-corrected chi connectivity index (χ1v) is 7.01.